The zero-order chi connectivity index (χ0) is 20.7. The fraction of sp³-hybridized carbons (Fsp3) is 0.211. The van der Waals surface area contributed by atoms with E-state index in [9.17, 15) is 18.7 Å². The first-order valence-corrected chi connectivity index (χ1v) is 8.84. The van der Waals surface area contributed by atoms with Gasteiger partial charge < -0.3 is 20.5 Å². The molecule has 1 aliphatic heterocycles. The van der Waals surface area contributed by atoms with Crippen LogP contribution >= 0.6 is 0 Å². The highest BCUT2D eigenvalue weighted by atomic mass is 19.1. The van der Waals surface area contributed by atoms with Crippen LogP contribution in [0, 0.1) is 11.6 Å². The van der Waals surface area contributed by atoms with Gasteiger partial charge in [-0.15, -0.1) is 5.10 Å². The molecule has 0 amide bonds. The van der Waals surface area contributed by atoms with Gasteiger partial charge in [0.1, 0.15) is 28.8 Å². The third-order valence-electron chi connectivity index (χ3n) is 4.59. The van der Waals surface area contributed by atoms with E-state index in [0.717, 1.165) is 18.2 Å². The number of aromatic nitrogens is 3. The number of carbonyl (C=O) groups is 1. The third-order valence-corrected chi connectivity index (χ3v) is 4.59. The van der Waals surface area contributed by atoms with Crippen LogP contribution in [0.4, 0.5) is 20.4 Å². The third kappa shape index (κ3) is 3.22. The Bertz CT molecular complexity index is 1140. The largest absolute Gasteiger partial charge is 0.511 e. The van der Waals surface area contributed by atoms with Crippen LogP contribution < -0.4 is 10.6 Å². The van der Waals surface area contributed by atoms with E-state index < -0.39 is 23.6 Å². The molecule has 0 radical (unpaired) electrons. The highest BCUT2D eigenvalue weighted by molar-refractivity contribution is 6.00. The zero-order valence-corrected chi connectivity index (χ0v) is 15.3. The molecule has 10 heteroatoms. The smallest absolute Gasteiger partial charge is 0.345 e. The minimum absolute atomic E-state index is 0.00887. The average molecular weight is 401 g/mol. The Labute approximate surface area is 163 Å². The lowest BCUT2D eigenvalue weighted by atomic mass is 10.0. The minimum atomic E-state index is -0.716. The molecule has 2 aromatic heterocycles. The van der Waals surface area contributed by atoms with Crippen molar-refractivity contribution in [2.24, 2.45) is 0 Å². The molecule has 0 aliphatic carbocycles. The van der Waals surface area contributed by atoms with Crippen molar-refractivity contribution in [3.63, 3.8) is 0 Å². The van der Waals surface area contributed by atoms with Crippen molar-refractivity contribution in [1.82, 2.24) is 14.6 Å². The summed E-state index contributed by atoms with van der Waals surface area (Å²) in [4.78, 5) is 18.2. The maximum absolute atomic E-state index is 14.3. The van der Waals surface area contributed by atoms with Crippen LogP contribution in [0.2, 0.25) is 0 Å². The van der Waals surface area contributed by atoms with Gasteiger partial charge in [-0.05, 0) is 31.2 Å². The summed E-state index contributed by atoms with van der Waals surface area (Å²) < 4.78 is 34.4. The molecule has 1 aromatic carbocycles. The fourth-order valence-electron chi connectivity index (χ4n) is 3.33. The van der Waals surface area contributed by atoms with Gasteiger partial charge in [0, 0.05) is 24.4 Å². The minimum Gasteiger partial charge on any atom is -0.511 e. The lowest BCUT2D eigenvalue weighted by Gasteiger charge is -2.25. The predicted octanol–water partition coefficient (Wildman–Crippen LogP) is 3.12. The maximum Gasteiger partial charge on any atom is 0.345 e. The number of nitrogens with two attached hydrogens (primary N) is 1. The number of hydrogen-bond donors (Lipinski definition) is 2. The number of nitrogens with zero attached hydrogens (tertiary/aromatic N) is 4. The summed E-state index contributed by atoms with van der Waals surface area (Å²) in [5.74, 6) is -1.63. The van der Waals surface area contributed by atoms with E-state index in [4.69, 9.17) is 10.5 Å². The summed E-state index contributed by atoms with van der Waals surface area (Å²) in [6, 6.07) is 3.99. The normalized spacial score (nSPS) is 16.3. The van der Waals surface area contributed by atoms with Crippen molar-refractivity contribution in [2.75, 3.05) is 17.2 Å². The second-order valence-electron chi connectivity index (χ2n) is 6.45. The number of benzene rings is 1. The molecule has 1 aliphatic rings. The number of rotatable bonds is 4. The number of carbonyl (C=O) groups excluding carboxylic acids is 1. The number of aliphatic hydroxyl groups is 1. The molecule has 0 saturated carbocycles. The van der Waals surface area contributed by atoms with Gasteiger partial charge in [-0.2, -0.15) is 0 Å². The summed E-state index contributed by atoms with van der Waals surface area (Å²) in [6.45, 7) is 1.81. The van der Waals surface area contributed by atoms with Gasteiger partial charge in [0.05, 0.1) is 12.6 Å². The topological polar surface area (TPSA) is 106 Å². The lowest BCUT2D eigenvalue weighted by Crippen LogP contribution is -2.21. The Morgan fingerprint density at radius 2 is 2.17 bits per heavy atom. The van der Waals surface area contributed by atoms with Crippen LogP contribution in [0.3, 0.4) is 0 Å². The number of ether oxygens (including phenoxy) is 1. The van der Waals surface area contributed by atoms with Gasteiger partial charge in [-0.1, -0.05) is 0 Å². The van der Waals surface area contributed by atoms with Crippen LogP contribution in [0.1, 0.15) is 35.3 Å². The summed E-state index contributed by atoms with van der Waals surface area (Å²) >= 11 is 0. The van der Waals surface area contributed by atoms with Crippen LogP contribution in [-0.2, 0) is 4.74 Å². The van der Waals surface area contributed by atoms with Crippen LogP contribution in [-0.4, -0.2) is 32.3 Å². The molecule has 0 fully saturated rings. The standard InChI is InChI=1S/C19H17F2N5O3/c1-2-29-19(28)16-17(22)24-26-6-5-15(23-18(16)26)25-9-11(27)8-14(25)12-7-10(20)3-4-13(12)21/h3-7,9,14,27H,2,8H2,1H3,(H2,22,24). The number of esters is 1. The number of anilines is 2. The Morgan fingerprint density at radius 3 is 2.93 bits per heavy atom. The highest BCUT2D eigenvalue weighted by Gasteiger charge is 2.31. The van der Waals surface area contributed by atoms with Gasteiger partial charge >= 0.3 is 5.97 Å². The summed E-state index contributed by atoms with van der Waals surface area (Å²) in [5.41, 5.74) is 6.07. The van der Waals surface area contributed by atoms with Crippen molar-refractivity contribution in [3.8, 4) is 0 Å². The van der Waals surface area contributed by atoms with E-state index >= 15 is 0 Å². The molecule has 0 spiro atoms. The number of halogens is 2. The second-order valence-corrected chi connectivity index (χ2v) is 6.45. The van der Waals surface area contributed by atoms with E-state index in [1.54, 1.807) is 13.0 Å². The number of fused-ring (bicyclic) bond motifs is 1. The monoisotopic (exact) mass is 401 g/mol. The van der Waals surface area contributed by atoms with Crippen molar-refractivity contribution in [3.05, 3.63) is 65.2 Å². The lowest BCUT2D eigenvalue weighted by molar-refractivity contribution is 0.0529. The molecule has 150 valence electrons. The molecular weight excluding hydrogens is 384 g/mol. The van der Waals surface area contributed by atoms with E-state index in [1.165, 1.54) is 21.8 Å². The Morgan fingerprint density at radius 1 is 1.38 bits per heavy atom. The van der Waals surface area contributed by atoms with E-state index in [1.807, 2.05) is 0 Å². The molecular formula is C19H17F2N5O3. The van der Waals surface area contributed by atoms with Gasteiger partial charge in [0.2, 0.25) is 0 Å². The molecule has 0 saturated heterocycles. The number of hydrogen-bond acceptors (Lipinski definition) is 7. The molecule has 8 nitrogen and oxygen atoms in total. The van der Waals surface area contributed by atoms with Gasteiger partial charge in [-0.3, -0.25) is 0 Å². The molecule has 1 atom stereocenters. The number of nitrogen functional groups attached to an aromatic ring is 1. The molecule has 3 aromatic rings. The van der Waals surface area contributed by atoms with E-state index in [-0.39, 0.29) is 41.4 Å². The van der Waals surface area contributed by atoms with E-state index in [0.29, 0.717) is 5.82 Å². The SMILES string of the molecule is CCOC(=O)c1c(N)nn2ccc(N3C=C(O)CC3c3cc(F)ccc3F)nc12. The number of aliphatic hydroxyl groups excluding tert-OH is 1. The van der Waals surface area contributed by atoms with Gasteiger partial charge in [0.15, 0.2) is 11.5 Å². The van der Waals surface area contributed by atoms with E-state index in [2.05, 4.69) is 10.1 Å². The predicted molar refractivity (Wildman–Crippen MR) is 100 cm³/mol. The summed E-state index contributed by atoms with van der Waals surface area (Å²) in [6.07, 6.45) is 2.98. The molecule has 29 heavy (non-hydrogen) atoms. The summed E-state index contributed by atoms with van der Waals surface area (Å²) in [5, 5.41) is 14.1. The fourth-order valence-corrected chi connectivity index (χ4v) is 3.33. The zero-order valence-electron chi connectivity index (χ0n) is 15.3. The van der Waals surface area contributed by atoms with Crippen molar-refractivity contribution in [1.29, 1.82) is 0 Å². The average Bonchev–Trinajstić information content (AvgIpc) is 3.22. The second kappa shape index (κ2) is 7.04. The van der Waals surface area contributed by atoms with Gasteiger partial charge in [-0.25, -0.2) is 23.1 Å². The molecule has 0 bridgehead atoms. The first-order chi connectivity index (χ1) is 13.9. The molecule has 4 rings (SSSR count). The van der Waals surface area contributed by atoms with Crippen LogP contribution in [0.5, 0.6) is 0 Å². The molecule has 3 heterocycles. The summed E-state index contributed by atoms with van der Waals surface area (Å²) in [7, 11) is 0. The Balaban J connectivity index is 1.81. The maximum atomic E-state index is 14.3. The van der Waals surface area contributed by atoms with Crippen molar-refractivity contribution >= 4 is 23.3 Å². The first kappa shape index (κ1) is 18.7. The van der Waals surface area contributed by atoms with Crippen molar-refractivity contribution in [2.45, 2.75) is 19.4 Å². The molecule has 3 N–H and O–H groups in total. The highest BCUT2D eigenvalue weighted by Crippen LogP contribution is 2.38. The van der Waals surface area contributed by atoms with Gasteiger partial charge in [0.25, 0.3) is 0 Å². The van der Waals surface area contributed by atoms with Crippen LogP contribution in [0.15, 0.2) is 42.4 Å². The Hall–Kier alpha value is -3.69. The molecule has 1 unspecified atom stereocenters. The van der Waals surface area contributed by atoms with Crippen molar-refractivity contribution < 1.29 is 23.4 Å². The van der Waals surface area contributed by atoms with Crippen LogP contribution in [0.25, 0.3) is 5.65 Å². The first-order valence-electron chi connectivity index (χ1n) is 8.84. The Kier molecular flexibility index (Phi) is 4.53. The quantitative estimate of drug-likeness (QED) is 0.647.